The van der Waals surface area contributed by atoms with E-state index in [1.165, 1.54) is 6.21 Å². The van der Waals surface area contributed by atoms with E-state index in [1.807, 2.05) is 60.7 Å². The summed E-state index contributed by atoms with van der Waals surface area (Å²) in [7, 11) is 0. The van der Waals surface area contributed by atoms with Crippen molar-refractivity contribution in [3.8, 4) is 0 Å². The standard InChI is InChI=1S/C22H17Cl2N7/c23-18-12-7-13-19(24)17(18)14-25-31-22-29-20(26-15-8-3-1-4-9-15)28-21(30-22)27-16-10-5-2-6-11-16/h1-14H,(H3,26,27,28,29,30,31)/b25-14+. The van der Waals surface area contributed by atoms with Crippen molar-refractivity contribution in [1.82, 2.24) is 15.0 Å². The Bertz CT molecular complexity index is 1110. The van der Waals surface area contributed by atoms with Gasteiger partial charge in [0.05, 0.1) is 16.3 Å². The molecule has 154 valence electrons. The number of hydrazone groups is 1. The van der Waals surface area contributed by atoms with E-state index in [4.69, 9.17) is 23.2 Å². The van der Waals surface area contributed by atoms with E-state index in [9.17, 15) is 0 Å². The van der Waals surface area contributed by atoms with E-state index >= 15 is 0 Å². The van der Waals surface area contributed by atoms with Gasteiger partial charge in [-0.05, 0) is 36.4 Å². The molecule has 1 aromatic heterocycles. The number of para-hydroxylation sites is 2. The summed E-state index contributed by atoms with van der Waals surface area (Å²) >= 11 is 12.4. The highest BCUT2D eigenvalue weighted by Gasteiger charge is 2.08. The lowest BCUT2D eigenvalue weighted by atomic mass is 10.2. The van der Waals surface area contributed by atoms with Crippen molar-refractivity contribution in [3.63, 3.8) is 0 Å². The Kier molecular flexibility index (Phi) is 6.56. The topological polar surface area (TPSA) is 87.1 Å². The second-order valence-electron chi connectivity index (χ2n) is 6.29. The molecule has 0 atom stereocenters. The maximum Gasteiger partial charge on any atom is 0.250 e. The second-order valence-corrected chi connectivity index (χ2v) is 7.11. The van der Waals surface area contributed by atoms with Crippen molar-refractivity contribution in [1.29, 1.82) is 0 Å². The van der Waals surface area contributed by atoms with Crippen LogP contribution in [0.2, 0.25) is 10.0 Å². The predicted octanol–water partition coefficient (Wildman–Crippen LogP) is 6.11. The van der Waals surface area contributed by atoms with Gasteiger partial charge in [-0.3, -0.25) is 0 Å². The first-order valence-electron chi connectivity index (χ1n) is 9.31. The smallest absolute Gasteiger partial charge is 0.250 e. The number of halogens is 2. The van der Waals surface area contributed by atoms with E-state index in [-0.39, 0.29) is 5.95 Å². The molecule has 1 heterocycles. The number of hydrogen-bond acceptors (Lipinski definition) is 7. The number of hydrogen-bond donors (Lipinski definition) is 3. The highest BCUT2D eigenvalue weighted by Crippen LogP contribution is 2.22. The van der Waals surface area contributed by atoms with E-state index in [0.29, 0.717) is 27.5 Å². The van der Waals surface area contributed by atoms with Gasteiger partial charge in [0.25, 0.3) is 0 Å². The van der Waals surface area contributed by atoms with Gasteiger partial charge < -0.3 is 10.6 Å². The molecule has 4 aromatic rings. The Morgan fingerprint density at radius 2 is 1.10 bits per heavy atom. The molecule has 0 spiro atoms. The molecule has 0 radical (unpaired) electrons. The minimum absolute atomic E-state index is 0.242. The number of anilines is 5. The maximum atomic E-state index is 6.18. The summed E-state index contributed by atoms with van der Waals surface area (Å²) in [5.74, 6) is 0.951. The largest absolute Gasteiger partial charge is 0.324 e. The van der Waals surface area contributed by atoms with Crippen LogP contribution in [0.3, 0.4) is 0 Å². The summed E-state index contributed by atoms with van der Waals surface area (Å²) in [6, 6.07) is 24.5. The second kappa shape index (κ2) is 9.88. The first kappa shape index (κ1) is 20.6. The molecule has 3 aromatic carbocycles. The van der Waals surface area contributed by atoms with Crippen LogP contribution >= 0.6 is 23.2 Å². The molecular weight excluding hydrogens is 433 g/mol. The molecule has 0 amide bonds. The Hall–Kier alpha value is -3.68. The van der Waals surface area contributed by atoms with E-state index < -0.39 is 0 Å². The van der Waals surface area contributed by atoms with Crippen LogP contribution in [0.4, 0.5) is 29.2 Å². The van der Waals surface area contributed by atoms with Crippen LogP contribution in [0.15, 0.2) is 84.0 Å². The van der Waals surface area contributed by atoms with Crippen LogP contribution in [-0.2, 0) is 0 Å². The third kappa shape index (κ3) is 5.69. The number of rotatable bonds is 7. The van der Waals surface area contributed by atoms with E-state index in [2.05, 4.69) is 36.1 Å². The fraction of sp³-hybridized carbons (Fsp3) is 0. The van der Waals surface area contributed by atoms with E-state index in [0.717, 1.165) is 11.4 Å². The van der Waals surface area contributed by atoms with Gasteiger partial charge in [0.15, 0.2) is 0 Å². The van der Waals surface area contributed by atoms with Gasteiger partial charge in [-0.15, -0.1) is 0 Å². The zero-order valence-corrected chi connectivity index (χ0v) is 17.6. The minimum atomic E-state index is 0.242. The van der Waals surface area contributed by atoms with Gasteiger partial charge in [0.2, 0.25) is 17.8 Å². The quantitative estimate of drug-likeness (QED) is 0.233. The summed E-state index contributed by atoms with van der Waals surface area (Å²) in [5.41, 5.74) is 5.09. The van der Waals surface area contributed by atoms with Crippen molar-refractivity contribution in [3.05, 3.63) is 94.5 Å². The van der Waals surface area contributed by atoms with Crippen molar-refractivity contribution >= 4 is 58.6 Å². The van der Waals surface area contributed by atoms with Gasteiger partial charge in [0, 0.05) is 16.9 Å². The average molecular weight is 450 g/mol. The zero-order chi connectivity index (χ0) is 21.5. The molecule has 0 unspecified atom stereocenters. The number of nitrogens with one attached hydrogen (secondary N) is 3. The van der Waals surface area contributed by atoms with Crippen LogP contribution in [0.25, 0.3) is 0 Å². The van der Waals surface area contributed by atoms with Crippen molar-refractivity contribution in [2.75, 3.05) is 16.1 Å². The molecule has 0 aliphatic carbocycles. The molecule has 3 N–H and O–H groups in total. The van der Waals surface area contributed by atoms with Gasteiger partial charge in [-0.25, -0.2) is 5.43 Å². The number of benzene rings is 3. The Labute approximate surface area is 189 Å². The number of aromatic nitrogens is 3. The Morgan fingerprint density at radius 3 is 1.61 bits per heavy atom. The van der Waals surface area contributed by atoms with Crippen molar-refractivity contribution < 1.29 is 0 Å². The lowest BCUT2D eigenvalue weighted by molar-refractivity contribution is 1.04. The highest BCUT2D eigenvalue weighted by atomic mass is 35.5. The summed E-state index contributed by atoms with van der Waals surface area (Å²) < 4.78 is 0. The molecule has 4 rings (SSSR count). The third-order valence-electron chi connectivity index (χ3n) is 4.05. The van der Waals surface area contributed by atoms with Crippen LogP contribution in [0, 0.1) is 0 Å². The first-order valence-corrected chi connectivity index (χ1v) is 10.1. The van der Waals surface area contributed by atoms with Crippen LogP contribution in [0.5, 0.6) is 0 Å². The van der Waals surface area contributed by atoms with Crippen molar-refractivity contribution in [2.45, 2.75) is 0 Å². The molecule has 0 fully saturated rings. The fourth-order valence-electron chi connectivity index (χ4n) is 2.63. The average Bonchev–Trinajstić information content (AvgIpc) is 2.77. The van der Waals surface area contributed by atoms with Gasteiger partial charge in [0.1, 0.15) is 0 Å². The Balaban J connectivity index is 1.60. The zero-order valence-electron chi connectivity index (χ0n) is 16.1. The van der Waals surface area contributed by atoms with Crippen LogP contribution in [-0.4, -0.2) is 21.2 Å². The van der Waals surface area contributed by atoms with E-state index in [1.54, 1.807) is 18.2 Å². The molecule has 7 nitrogen and oxygen atoms in total. The summed E-state index contributed by atoms with van der Waals surface area (Å²) in [6.45, 7) is 0. The lowest BCUT2D eigenvalue weighted by Gasteiger charge is -2.10. The van der Waals surface area contributed by atoms with Gasteiger partial charge >= 0.3 is 0 Å². The fourth-order valence-corrected chi connectivity index (χ4v) is 3.12. The number of nitrogens with zero attached hydrogens (tertiary/aromatic N) is 4. The normalized spacial score (nSPS) is 10.8. The molecule has 9 heteroatoms. The van der Waals surface area contributed by atoms with Crippen LogP contribution in [0.1, 0.15) is 5.56 Å². The molecule has 0 aliphatic heterocycles. The summed E-state index contributed by atoms with van der Waals surface area (Å²) in [4.78, 5) is 13.2. The highest BCUT2D eigenvalue weighted by molar-refractivity contribution is 6.38. The van der Waals surface area contributed by atoms with Crippen molar-refractivity contribution in [2.24, 2.45) is 5.10 Å². The third-order valence-corrected chi connectivity index (χ3v) is 4.71. The molecule has 0 saturated heterocycles. The maximum absolute atomic E-state index is 6.18. The van der Waals surface area contributed by atoms with Gasteiger partial charge in [-0.2, -0.15) is 20.1 Å². The van der Waals surface area contributed by atoms with Gasteiger partial charge in [-0.1, -0.05) is 65.7 Å². The molecule has 0 aliphatic rings. The lowest BCUT2D eigenvalue weighted by Crippen LogP contribution is -2.07. The minimum Gasteiger partial charge on any atom is -0.324 e. The Morgan fingerprint density at radius 1 is 0.613 bits per heavy atom. The molecule has 0 bridgehead atoms. The summed E-state index contributed by atoms with van der Waals surface area (Å²) in [6.07, 6.45) is 1.52. The SMILES string of the molecule is Clc1cccc(Cl)c1/C=N/Nc1nc(Nc2ccccc2)nc(Nc2ccccc2)n1. The molecule has 0 saturated carbocycles. The molecule has 31 heavy (non-hydrogen) atoms. The molecular formula is C22H17Cl2N7. The predicted molar refractivity (Wildman–Crippen MR) is 127 cm³/mol. The monoisotopic (exact) mass is 449 g/mol. The van der Waals surface area contributed by atoms with Crippen LogP contribution < -0.4 is 16.1 Å². The summed E-state index contributed by atoms with van der Waals surface area (Å²) in [5, 5.41) is 11.5. The first-order chi connectivity index (χ1) is 15.2.